The summed E-state index contributed by atoms with van der Waals surface area (Å²) in [5, 5.41) is 11.5. The number of hydrogen-bond acceptors (Lipinski definition) is 4. The highest BCUT2D eigenvalue weighted by molar-refractivity contribution is 5.98. The number of aliphatic carboxylic acids is 1. The molecule has 1 aromatic heterocycles. The number of fused-ring (bicyclic) bond motifs is 1. The van der Waals surface area contributed by atoms with Crippen LogP contribution in [0.15, 0.2) is 9.59 Å². The average Bonchev–Trinajstić information content (AvgIpc) is 2.32. The van der Waals surface area contributed by atoms with Gasteiger partial charge >= 0.3 is 11.7 Å². The third-order valence-electron chi connectivity index (χ3n) is 2.98. The first-order valence-electron chi connectivity index (χ1n) is 5.85. The molecule has 0 radical (unpaired) electrons. The van der Waals surface area contributed by atoms with Gasteiger partial charge in [-0.15, -0.1) is 0 Å². The summed E-state index contributed by atoms with van der Waals surface area (Å²) in [5.74, 6) is -3.01. The molecule has 1 amide bonds. The van der Waals surface area contributed by atoms with E-state index in [1.807, 2.05) is 6.92 Å². The molecule has 0 fully saturated rings. The number of amides is 1. The highest BCUT2D eigenvalue weighted by Gasteiger charge is 2.35. The van der Waals surface area contributed by atoms with Gasteiger partial charge in [-0.05, 0) is 6.42 Å². The van der Waals surface area contributed by atoms with Crippen molar-refractivity contribution >= 4 is 17.7 Å². The third-order valence-corrected chi connectivity index (χ3v) is 2.98. The van der Waals surface area contributed by atoms with Crippen molar-refractivity contribution in [2.75, 3.05) is 5.32 Å². The van der Waals surface area contributed by atoms with Crippen LogP contribution in [0, 0.1) is 0 Å². The standard InChI is InChI=1S/C11H13N3O5/c1-2-3-14-8-7(9(16)13-11(14)19)5(10(17)18)4-6(15)12-8/h5H,2-4H2,1H3,(H,12,15)(H,17,18)(H,13,16,19)/t5-/m1/s1. The molecular weight excluding hydrogens is 254 g/mol. The molecule has 1 aliphatic rings. The van der Waals surface area contributed by atoms with Crippen LogP contribution in [0.25, 0.3) is 0 Å². The second kappa shape index (κ2) is 4.71. The van der Waals surface area contributed by atoms with Crippen molar-refractivity contribution in [3.63, 3.8) is 0 Å². The van der Waals surface area contributed by atoms with E-state index in [1.165, 1.54) is 4.57 Å². The van der Waals surface area contributed by atoms with Crippen LogP contribution in [0.5, 0.6) is 0 Å². The van der Waals surface area contributed by atoms with Crippen LogP contribution in [0.4, 0.5) is 5.82 Å². The molecule has 0 saturated heterocycles. The fourth-order valence-corrected chi connectivity index (χ4v) is 2.16. The number of carboxylic acid groups (broad SMARTS) is 1. The quantitative estimate of drug-likeness (QED) is 0.678. The Hall–Kier alpha value is -2.38. The summed E-state index contributed by atoms with van der Waals surface area (Å²) >= 11 is 0. The van der Waals surface area contributed by atoms with Gasteiger partial charge in [0.15, 0.2) is 0 Å². The first-order valence-corrected chi connectivity index (χ1v) is 5.85. The van der Waals surface area contributed by atoms with Gasteiger partial charge in [0.2, 0.25) is 5.91 Å². The number of carbonyl (C=O) groups excluding carboxylic acids is 1. The van der Waals surface area contributed by atoms with Crippen molar-refractivity contribution in [2.24, 2.45) is 0 Å². The van der Waals surface area contributed by atoms with Gasteiger partial charge in [-0.25, -0.2) is 4.79 Å². The average molecular weight is 267 g/mol. The SMILES string of the molecule is CCCn1c2c(c(=O)[nH]c1=O)[C@H](C(=O)O)CC(=O)N2. The molecule has 0 aromatic carbocycles. The predicted molar refractivity (Wildman–Crippen MR) is 65.2 cm³/mol. The van der Waals surface area contributed by atoms with E-state index in [-0.39, 0.29) is 24.3 Å². The molecule has 102 valence electrons. The van der Waals surface area contributed by atoms with E-state index in [1.54, 1.807) is 0 Å². The summed E-state index contributed by atoms with van der Waals surface area (Å²) in [6.45, 7) is 2.10. The lowest BCUT2D eigenvalue weighted by Gasteiger charge is -2.24. The van der Waals surface area contributed by atoms with Crippen LogP contribution in [-0.2, 0) is 16.1 Å². The first-order chi connectivity index (χ1) is 8.95. The number of H-pyrrole nitrogens is 1. The van der Waals surface area contributed by atoms with Gasteiger partial charge in [-0.1, -0.05) is 6.92 Å². The monoisotopic (exact) mass is 267 g/mol. The van der Waals surface area contributed by atoms with Crippen LogP contribution in [0.1, 0.15) is 31.2 Å². The molecule has 0 bridgehead atoms. The Morgan fingerprint density at radius 1 is 1.42 bits per heavy atom. The number of nitrogens with one attached hydrogen (secondary N) is 2. The van der Waals surface area contributed by atoms with Crippen molar-refractivity contribution in [1.29, 1.82) is 0 Å². The molecule has 0 aliphatic carbocycles. The molecule has 8 nitrogen and oxygen atoms in total. The van der Waals surface area contributed by atoms with Crippen molar-refractivity contribution in [1.82, 2.24) is 9.55 Å². The normalized spacial score (nSPS) is 17.7. The summed E-state index contributed by atoms with van der Waals surface area (Å²) in [5.41, 5.74) is -1.49. The fourth-order valence-electron chi connectivity index (χ4n) is 2.16. The minimum Gasteiger partial charge on any atom is -0.481 e. The predicted octanol–water partition coefficient (Wildman–Crippen LogP) is -0.543. The van der Waals surface area contributed by atoms with E-state index in [9.17, 15) is 19.2 Å². The van der Waals surface area contributed by atoms with Gasteiger partial charge in [0, 0.05) is 13.0 Å². The van der Waals surface area contributed by atoms with Gasteiger partial charge in [-0.2, -0.15) is 0 Å². The topological polar surface area (TPSA) is 121 Å². The molecule has 19 heavy (non-hydrogen) atoms. The van der Waals surface area contributed by atoms with Crippen molar-refractivity contribution in [3.05, 3.63) is 26.4 Å². The number of carboxylic acids is 1. The highest BCUT2D eigenvalue weighted by Crippen LogP contribution is 2.28. The minimum absolute atomic E-state index is 0.000694. The third kappa shape index (κ3) is 2.16. The smallest absolute Gasteiger partial charge is 0.329 e. The zero-order chi connectivity index (χ0) is 14.2. The van der Waals surface area contributed by atoms with Gasteiger partial charge < -0.3 is 10.4 Å². The lowest BCUT2D eigenvalue weighted by atomic mass is 9.93. The number of nitrogens with zero attached hydrogens (tertiary/aromatic N) is 1. The van der Waals surface area contributed by atoms with Gasteiger partial charge in [0.05, 0.1) is 11.5 Å². The molecule has 0 spiro atoms. The Kier molecular flexibility index (Phi) is 3.24. The van der Waals surface area contributed by atoms with Crippen LogP contribution < -0.4 is 16.6 Å². The summed E-state index contributed by atoms with van der Waals surface area (Å²) in [4.78, 5) is 48.2. The maximum absolute atomic E-state index is 11.8. The zero-order valence-corrected chi connectivity index (χ0v) is 10.2. The van der Waals surface area contributed by atoms with Crippen LogP contribution in [0.2, 0.25) is 0 Å². The fraction of sp³-hybridized carbons (Fsp3) is 0.455. The Morgan fingerprint density at radius 2 is 2.11 bits per heavy atom. The number of carbonyl (C=O) groups is 2. The van der Waals surface area contributed by atoms with Crippen molar-refractivity contribution in [3.8, 4) is 0 Å². The Bertz CT molecular complexity index is 657. The number of aromatic amines is 1. The van der Waals surface area contributed by atoms with E-state index < -0.39 is 29.0 Å². The van der Waals surface area contributed by atoms with E-state index in [2.05, 4.69) is 10.3 Å². The largest absolute Gasteiger partial charge is 0.481 e. The van der Waals surface area contributed by atoms with E-state index in [0.29, 0.717) is 6.42 Å². The summed E-state index contributed by atoms with van der Waals surface area (Å²) in [6.07, 6.45) is 0.293. The van der Waals surface area contributed by atoms with E-state index in [0.717, 1.165) is 0 Å². The Balaban J connectivity index is 2.75. The van der Waals surface area contributed by atoms with Crippen LogP contribution >= 0.6 is 0 Å². The van der Waals surface area contributed by atoms with Crippen LogP contribution in [0.3, 0.4) is 0 Å². The molecule has 2 rings (SSSR count). The van der Waals surface area contributed by atoms with Crippen LogP contribution in [-0.4, -0.2) is 26.5 Å². The number of hydrogen-bond donors (Lipinski definition) is 3. The Morgan fingerprint density at radius 3 is 2.68 bits per heavy atom. The molecule has 3 N–H and O–H groups in total. The molecule has 1 aliphatic heterocycles. The summed E-state index contributed by atoms with van der Waals surface area (Å²) in [7, 11) is 0. The molecule has 0 saturated carbocycles. The molecule has 0 unspecified atom stereocenters. The summed E-state index contributed by atoms with van der Waals surface area (Å²) < 4.78 is 1.18. The maximum Gasteiger partial charge on any atom is 0.329 e. The second-order valence-corrected chi connectivity index (χ2v) is 4.32. The van der Waals surface area contributed by atoms with Gasteiger partial charge in [0.25, 0.3) is 5.56 Å². The molecule has 1 aromatic rings. The molecule has 1 atom stereocenters. The van der Waals surface area contributed by atoms with Gasteiger partial charge in [0.1, 0.15) is 5.82 Å². The number of aromatic nitrogens is 2. The minimum atomic E-state index is -1.26. The summed E-state index contributed by atoms with van der Waals surface area (Å²) in [6, 6.07) is 0. The molecule has 8 heteroatoms. The van der Waals surface area contributed by atoms with Crippen molar-refractivity contribution in [2.45, 2.75) is 32.2 Å². The van der Waals surface area contributed by atoms with E-state index in [4.69, 9.17) is 5.11 Å². The highest BCUT2D eigenvalue weighted by atomic mass is 16.4. The maximum atomic E-state index is 11.8. The molecule has 2 heterocycles. The Labute approximate surface area is 107 Å². The molecular formula is C11H13N3O5. The van der Waals surface area contributed by atoms with Gasteiger partial charge in [-0.3, -0.25) is 23.9 Å². The van der Waals surface area contributed by atoms with E-state index >= 15 is 0 Å². The second-order valence-electron chi connectivity index (χ2n) is 4.32. The zero-order valence-electron chi connectivity index (χ0n) is 10.2. The number of rotatable bonds is 3. The number of anilines is 1. The van der Waals surface area contributed by atoms with Crippen molar-refractivity contribution < 1.29 is 14.7 Å². The first kappa shape index (κ1) is 13.1. The lowest BCUT2D eigenvalue weighted by molar-refractivity contribution is -0.140. The lowest BCUT2D eigenvalue weighted by Crippen LogP contribution is -2.41.